The summed E-state index contributed by atoms with van der Waals surface area (Å²) in [4.78, 5) is 0. The van der Waals surface area contributed by atoms with Gasteiger partial charge in [0.05, 0.1) is 0 Å². The van der Waals surface area contributed by atoms with E-state index < -0.39 is 0 Å². The van der Waals surface area contributed by atoms with Gasteiger partial charge in [-0.25, -0.2) is 0 Å². The largest absolute Gasteiger partial charge is 0.360 e. The highest BCUT2D eigenvalue weighted by Gasteiger charge is 1.99. The van der Waals surface area contributed by atoms with Gasteiger partial charge in [0.1, 0.15) is 0 Å². The highest BCUT2D eigenvalue weighted by Crippen LogP contribution is 2.19. The number of nitrogens with zero attached hydrogens (tertiary/aromatic N) is 4. The first kappa shape index (κ1) is 10.6. The summed E-state index contributed by atoms with van der Waals surface area (Å²) >= 11 is 4.76. The van der Waals surface area contributed by atoms with Crippen molar-refractivity contribution in [1.29, 1.82) is 0 Å². The minimum absolute atomic E-state index is 0.803. The molecule has 2 rings (SSSR count). The van der Waals surface area contributed by atoms with Gasteiger partial charge in [0, 0.05) is 25.5 Å². The molecule has 0 aliphatic heterocycles. The Morgan fingerprint density at radius 1 is 1.47 bits per heavy atom. The van der Waals surface area contributed by atoms with E-state index in [1.807, 2.05) is 16.9 Å². The third-order valence-corrected chi connectivity index (χ3v) is 3.11. The number of aromatic nitrogens is 4. The summed E-state index contributed by atoms with van der Waals surface area (Å²) < 4.78 is 2.72. The first-order chi connectivity index (χ1) is 7.34. The lowest BCUT2D eigenvalue weighted by Crippen LogP contribution is -2.06. The molecule has 2 heterocycles. The van der Waals surface area contributed by atoms with Crippen molar-refractivity contribution < 1.29 is 0 Å². The zero-order valence-electron chi connectivity index (χ0n) is 7.93. The number of aryl methyl sites for hydroxylation is 1. The molecule has 0 aliphatic rings. The van der Waals surface area contributed by atoms with Crippen LogP contribution in [-0.2, 0) is 6.54 Å². The van der Waals surface area contributed by atoms with Crippen LogP contribution >= 0.6 is 27.3 Å². The molecule has 7 heteroatoms. The van der Waals surface area contributed by atoms with Crippen molar-refractivity contribution in [3.05, 3.63) is 22.4 Å². The lowest BCUT2D eigenvalue weighted by atomic mass is 10.4. The molecular weight excluding hydrogens is 278 g/mol. The molecule has 0 spiro atoms. The number of nitrogens with one attached hydrogen (secondary N) is 1. The molecule has 2 aromatic rings. The van der Waals surface area contributed by atoms with Crippen LogP contribution in [0.25, 0.3) is 0 Å². The number of hydrogen-bond acceptors (Lipinski definition) is 5. The summed E-state index contributed by atoms with van der Waals surface area (Å²) in [5.41, 5.74) is 0. The van der Waals surface area contributed by atoms with Gasteiger partial charge in [0.25, 0.3) is 0 Å². The topological polar surface area (TPSA) is 55.6 Å². The molecule has 0 radical (unpaired) electrons. The van der Waals surface area contributed by atoms with E-state index in [9.17, 15) is 0 Å². The molecular formula is C8H10BrN5S. The van der Waals surface area contributed by atoms with Crippen molar-refractivity contribution in [3.63, 3.8) is 0 Å². The first-order valence-electron chi connectivity index (χ1n) is 4.55. The Morgan fingerprint density at radius 2 is 2.40 bits per heavy atom. The van der Waals surface area contributed by atoms with Crippen molar-refractivity contribution in [2.24, 2.45) is 0 Å². The van der Waals surface area contributed by atoms with Crippen LogP contribution < -0.4 is 5.32 Å². The predicted molar refractivity (Wildman–Crippen MR) is 62.9 cm³/mol. The van der Waals surface area contributed by atoms with E-state index in [0.717, 1.165) is 28.6 Å². The lowest BCUT2D eigenvalue weighted by molar-refractivity contribution is 0.591. The second-order valence-electron chi connectivity index (χ2n) is 2.91. The first-order valence-corrected chi connectivity index (χ1v) is 6.16. The van der Waals surface area contributed by atoms with Crippen LogP contribution in [-0.4, -0.2) is 26.5 Å². The molecule has 0 aliphatic carbocycles. The van der Waals surface area contributed by atoms with Crippen LogP contribution in [0.2, 0.25) is 0 Å². The Labute approximate surface area is 99.7 Å². The lowest BCUT2D eigenvalue weighted by Gasteiger charge is -2.02. The highest BCUT2D eigenvalue weighted by molar-refractivity contribution is 9.11. The fourth-order valence-corrected chi connectivity index (χ4v) is 2.18. The Kier molecular flexibility index (Phi) is 3.68. The Morgan fingerprint density at radius 3 is 3.07 bits per heavy atom. The molecule has 0 unspecified atom stereocenters. The smallest absolute Gasteiger partial charge is 0.206 e. The summed E-state index contributed by atoms with van der Waals surface area (Å²) in [6.07, 6.45) is 4.76. The molecule has 0 amide bonds. The summed E-state index contributed by atoms with van der Waals surface area (Å²) in [5, 5.41) is 16.0. The minimum atomic E-state index is 0.803. The van der Waals surface area contributed by atoms with Gasteiger partial charge in [-0.2, -0.15) is 5.10 Å². The van der Waals surface area contributed by atoms with Crippen LogP contribution in [0.15, 0.2) is 22.4 Å². The molecule has 0 aromatic carbocycles. The molecule has 5 nitrogen and oxygen atoms in total. The van der Waals surface area contributed by atoms with Crippen LogP contribution in [0.5, 0.6) is 0 Å². The summed E-state index contributed by atoms with van der Waals surface area (Å²) in [6, 6.07) is 1.93. The van der Waals surface area contributed by atoms with Gasteiger partial charge < -0.3 is 5.32 Å². The molecule has 80 valence electrons. The van der Waals surface area contributed by atoms with Crippen molar-refractivity contribution in [2.45, 2.75) is 13.0 Å². The van der Waals surface area contributed by atoms with Gasteiger partial charge in [-0.15, -0.1) is 10.2 Å². The van der Waals surface area contributed by atoms with Gasteiger partial charge in [-0.1, -0.05) is 11.3 Å². The second-order valence-corrected chi connectivity index (χ2v) is 5.16. The summed E-state index contributed by atoms with van der Waals surface area (Å²) in [5.74, 6) is 0. The van der Waals surface area contributed by atoms with E-state index in [0.29, 0.717) is 0 Å². The van der Waals surface area contributed by atoms with E-state index in [1.165, 1.54) is 11.3 Å². The van der Waals surface area contributed by atoms with E-state index in [-0.39, 0.29) is 0 Å². The van der Waals surface area contributed by atoms with E-state index >= 15 is 0 Å². The average Bonchev–Trinajstić information content (AvgIpc) is 2.84. The van der Waals surface area contributed by atoms with Crippen LogP contribution in [0.4, 0.5) is 5.13 Å². The van der Waals surface area contributed by atoms with E-state index in [2.05, 4.69) is 36.5 Å². The number of anilines is 1. The second kappa shape index (κ2) is 5.22. The van der Waals surface area contributed by atoms with Crippen LogP contribution in [0, 0.1) is 0 Å². The van der Waals surface area contributed by atoms with Crippen molar-refractivity contribution in [3.8, 4) is 0 Å². The fourth-order valence-electron chi connectivity index (χ4n) is 1.15. The fraction of sp³-hybridized carbons (Fsp3) is 0.375. The van der Waals surface area contributed by atoms with Crippen LogP contribution in [0.1, 0.15) is 6.42 Å². The zero-order valence-corrected chi connectivity index (χ0v) is 10.3. The Bertz CT molecular complexity index is 399. The predicted octanol–water partition coefficient (Wildman–Crippen LogP) is 2.00. The van der Waals surface area contributed by atoms with Crippen molar-refractivity contribution >= 4 is 32.4 Å². The van der Waals surface area contributed by atoms with Crippen molar-refractivity contribution in [2.75, 3.05) is 11.9 Å². The third-order valence-electron chi connectivity index (χ3n) is 1.80. The van der Waals surface area contributed by atoms with Gasteiger partial charge in [0.2, 0.25) is 5.13 Å². The maximum Gasteiger partial charge on any atom is 0.206 e. The molecule has 0 saturated carbocycles. The minimum Gasteiger partial charge on any atom is -0.360 e. The molecule has 15 heavy (non-hydrogen) atoms. The molecule has 1 N–H and O–H groups in total. The van der Waals surface area contributed by atoms with Gasteiger partial charge >= 0.3 is 0 Å². The summed E-state index contributed by atoms with van der Waals surface area (Å²) in [7, 11) is 0. The number of hydrogen-bond donors (Lipinski definition) is 1. The zero-order chi connectivity index (χ0) is 10.5. The van der Waals surface area contributed by atoms with Gasteiger partial charge in [-0.05, 0) is 28.4 Å². The Hall–Kier alpha value is -0.950. The SMILES string of the molecule is Brc1nnc(NCCCn2cccn2)s1. The maximum absolute atomic E-state index is 4.12. The van der Waals surface area contributed by atoms with Crippen LogP contribution in [0.3, 0.4) is 0 Å². The summed E-state index contributed by atoms with van der Waals surface area (Å²) in [6.45, 7) is 1.79. The highest BCUT2D eigenvalue weighted by atomic mass is 79.9. The molecule has 0 atom stereocenters. The van der Waals surface area contributed by atoms with E-state index in [1.54, 1.807) is 6.20 Å². The normalized spacial score (nSPS) is 10.5. The third kappa shape index (κ3) is 3.28. The standard InChI is InChI=1S/C8H10BrN5S/c9-7-12-13-8(15-7)10-3-1-5-14-6-2-4-11-14/h2,4,6H,1,3,5H2,(H,10,13). The van der Waals surface area contributed by atoms with E-state index in [4.69, 9.17) is 0 Å². The number of halogens is 1. The van der Waals surface area contributed by atoms with Gasteiger partial charge in [-0.3, -0.25) is 4.68 Å². The molecule has 2 aromatic heterocycles. The number of rotatable bonds is 5. The average molecular weight is 288 g/mol. The molecule has 0 fully saturated rings. The molecule has 0 bridgehead atoms. The maximum atomic E-state index is 4.12. The van der Waals surface area contributed by atoms with Crippen molar-refractivity contribution in [1.82, 2.24) is 20.0 Å². The Balaban J connectivity index is 1.67. The van der Waals surface area contributed by atoms with Gasteiger partial charge in [0.15, 0.2) is 3.92 Å². The monoisotopic (exact) mass is 287 g/mol. The quantitative estimate of drug-likeness (QED) is 0.855. The molecule has 0 saturated heterocycles.